The molecule has 9 aromatic carbocycles. The second-order valence-corrected chi connectivity index (χ2v) is 25.3. The molecule has 0 bridgehead atoms. The molecule has 1 nitrogen and oxygen atoms in total. The van der Waals surface area contributed by atoms with E-state index in [9.17, 15) is 0 Å². The lowest BCUT2D eigenvalue weighted by Gasteiger charge is -2.37. The number of benzene rings is 9. The predicted molar refractivity (Wildman–Crippen MR) is 313 cm³/mol. The molecule has 0 saturated carbocycles. The smallest absolute Gasteiger partial charge is 0.143 e. The van der Waals surface area contributed by atoms with Crippen LogP contribution in [-0.2, 0) is 39.9 Å². The molecule has 1 heterocycles. The number of hydrogen-bond acceptors (Lipinski definition) is 1. The van der Waals surface area contributed by atoms with Crippen molar-refractivity contribution in [1.82, 2.24) is 0 Å². The summed E-state index contributed by atoms with van der Waals surface area (Å²) in [5.74, 6) is 0.201. The van der Waals surface area contributed by atoms with Crippen molar-refractivity contribution in [2.45, 2.75) is 122 Å². The summed E-state index contributed by atoms with van der Waals surface area (Å²) in [6.07, 6.45) is 1.81. The van der Waals surface area contributed by atoms with Gasteiger partial charge in [-0.15, -0.1) is 0 Å². The molecular formula is C73H70O. The van der Waals surface area contributed by atoms with Crippen LogP contribution in [-0.4, -0.2) is 0 Å². The third-order valence-corrected chi connectivity index (χ3v) is 17.1. The number of rotatable bonds is 8. The van der Waals surface area contributed by atoms with Gasteiger partial charge in [-0.2, -0.15) is 0 Å². The van der Waals surface area contributed by atoms with Gasteiger partial charge in [0.25, 0.3) is 0 Å². The SMILES string of the molecule is CC(C)(C)c1ccc(C2(c3ccccc3)c3ccc(C(Cc4ccc(-c5cccc6c5oc5ccccc56)cc4)Cc4ccc5c(c4)C(C)(C)c4ccccc4-5)cc3-c3cc(C(C)(C)C)c(C(C)(C)C)cc32)cc1. The highest BCUT2D eigenvalue weighted by Gasteiger charge is 2.48. The van der Waals surface area contributed by atoms with E-state index in [4.69, 9.17) is 4.42 Å². The second-order valence-electron chi connectivity index (χ2n) is 25.3. The van der Waals surface area contributed by atoms with Crippen LogP contribution >= 0.6 is 0 Å². The van der Waals surface area contributed by atoms with Gasteiger partial charge < -0.3 is 4.42 Å². The van der Waals surface area contributed by atoms with Gasteiger partial charge in [0, 0.05) is 21.8 Å². The second kappa shape index (κ2) is 17.2. The molecule has 0 N–H and O–H groups in total. The van der Waals surface area contributed by atoms with E-state index in [1.165, 1.54) is 94.6 Å². The Morgan fingerprint density at radius 2 is 1.00 bits per heavy atom. The van der Waals surface area contributed by atoms with Crippen LogP contribution in [0.2, 0.25) is 0 Å². The van der Waals surface area contributed by atoms with E-state index in [1.807, 2.05) is 0 Å². The Hall–Kier alpha value is -7.22. The van der Waals surface area contributed by atoms with Gasteiger partial charge in [0.15, 0.2) is 0 Å². The quantitative estimate of drug-likeness (QED) is 0.148. The summed E-state index contributed by atoms with van der Waals surface area (Å²) in [6.45, 7) is 26.1. The van der Waals surface area contributed by atoms with Gasteiger partial charge in [-0.05, 0) is 142 Å². The molecule has 74 heavy (non-hydrogen) atoms. The first-order chi connectivity index (χ1) is 35.3. The largest absolute Gasteiger partial charge is 0.455 e. The molecule has 368 valence electrons. The summed E-state index contributed by atoms with van der Waals surface area (Å²) in [4.78, 5) is 0. The van der Waals surface area contributed by atoms with Crippen molar-refractivity contribution in [3.8, 4) is 33.4 Å². The van der Waals surface area contributed by atoms with E-state index >= 15 is 0 Å². The maximum absolute atomic E-state index is 6.52. The Morgan fingerprint density at radius 3 is 1.73 bits per heavy atom. The van der Waals surface area contributed by atoms with E-state index in [0.29, 0.717) is 0 Å². The van der Waals surface area contributed by atoms with Crippen molar-refractivity contribution < 1.29 is 4.42 Å². The van der Waals surface area contributed by atoms with Crippen molar-refractivity contribution in [3.63, 3.8) is 0 Å². The van der Waals surface area contributed by atoms with Crippen LogP contribution in [0.3, 0.4) is 0 Å². The predicted octanol–water partition coefficient (Wildman–Crippen LogP) is 19.4. The summed E-state index contributed by atoms with van der Waals surface area (Å²) in [5, 5.41) is 2.31. The van der Waals surface area contributed by atoms with Crippen molar-refractivity contribution in [2.75, 3.05) is 0 Å². The fourth-order valence-electron chi connectivity index (χ4n) is 13.1. The normalized spacial score (nSPS) is 16.3. The maximum atomic E-state index is 6.52. The minimum absolute atomic E-state index is 0.0380. The lowest BCUT2D eigenvalue weighted by Crippen LogP contribution is -2.30. The van der Waals surface area contributed by atoms with Crippen LogP contribution in [0.25, 0.3) is 55.3 Å². The molecule has 0 aliphatic heterocycles. The van der Waals surface area contributed by atoms with Crippen molar-refractivity contribution >= 4 is 21.9 Å². The molecule has 2 atom stereocenters. The lowest BCUT2D eigenvalue weighted by molar-refractivity contribution is 0.529. The van der Waals surface area contributed by atoms with E-state index in [-0.39, 0.29) is 27.6 Å². The van der Waals surface area contributed by atoms with Crippen molar-refractivity contribution in [1.29, 1.82) is 0 Å². The average molecular weight is 963 g/mol. The molecule has 1 aromatic heterocycles. The Balaban J connectivity index is 1.04. The number of furan rings is 1. The first-order valence-corrected chi connectivity index (χ1v) is 27.1. The zero-order valence-electron chi connectivity index (χ0n) is 45.4. The highest BCUT2D eigenvalue weighted by Crippen LogP contribution is 2.59. The highest BCUT2D eigenvalue weighted by atomic mass is 16.3. The molecule has 2 aliphatic carbocycles. The van der Waals surface area contributed by atoms with E-state index in [2.05, 4.69) is 270 Å². The van der Waals surface area contributed by atoms with Gasteiger partial charge in [-0.1, -0.05) is 258 Å². The Labute approximate surface area is 440 Å². The zero-order valence-corrected chi connectivity index (χ0v) is 45.4. The first kappa shape index (κ1) is 47.8. The van der Waals surface area contributed by atoms with E-state index in [0.717, 1.165) is 40.3 Å². The van der Waals surface area contributed by atoms with Crippen molar-refractivity contribution in [3.05, 3.63) is 261 Å². The van der Waals surface area contributed by atoms with Crippen LogP contribution in [0, 0.1) is 0 Å². The molecule has 2 unspecified atom stereocenters. The monoisotopic (exact) mass is 963 g/mol. The minimum Gasteiger partial charge on any atom is -0.455 e. The third kappa shape index (κ3) is 7.72. The topological polar surface area (TPSA) is 13.1 Å². The molecule has 0 saturated heterocycles. The standard InChI is InChI=1S/C73H70O/c1-69(2,3)51-34-36-53(37-35-51)73(52-20-13-12-14-21-52)62-39-33-49(43-59(62)60-44-65(70(4,5)6)66(45-64(60)73)71(7,8)9)50(41-47-30-38-56-55-22-15-17-26-61(55)72(10,11)63(56)42-47)40-46-28-31-48(32-29-46)54-24-19-25-58-57-23-16-18-27-67(57)74-68(54)58/h12-39,42-45,50H,40-41H2,1-11H3. The first-order valence-electron chi connectivity index (χ1n) is 27.1. The van der Waals surface area contributed by atoms with Crippen LogP contribution < -0.4 is 0 Å². The Morgan fingerprint density at radius 1 is 0.405 bits per heavy atom. The summed E-state index contributed by atoms with van der Waals surface area (Å²) in [7, 11) is 0. The van der Waals surface area contributed by atoms with Gasteiger partial charge >= 0.3 is 0 Å². The third-order valence-electron chi connectivity index (χ3n) is 17.1. The van der Waals surface area contributed by atoms with Gasteiger partial charge in [0.1, 0.15) is 11.2 Å². The summed E-state index contributed by atoms with van der Waals surface area (Å²) >= 11 is 0. The summed E-state index contributed by atoms with van der Waals surface area (Å²) < 4.78 is 6.52. The van der Waals surface area contributed by atoms with Crippen LogP contribution in [0.1, 0.15) is 149 Å². The fourth-order valence-corrected chi connectivity index (χ4v) is 13.1. The molecule has 0 radical (unpaired) electrons. The highest BCUT2D eigenvalue weighted by molar-refractivity contribution is 6.09. The number of hydrogen-bond donors (Lipinski definition) is 0. The van der Waals surface area contributed by atoms with E-state index in [1.54, 1.807) is 0 Å². The van der Waals surface area contributed by atoms with Gasteiger partial charge in [-0.3, -0.25) is 0 Å². The van der Waals surface area contributed by atoms with E-state index < -0.39 is 5.41 Å². The lowest BCUT2D eigenvalue weighted by atomic mass is 9.65. The minimum atomic E-state index is -0.522. The van der Waals surface area contributed by atoms with Gasteiger partial charge in [0.2, 0.25) is 0 Å². The number of fused-ring (bicyclic) bond motifs is 9. The Bertz CT molecular complexity index is 3780. The molecule has 2 aliphatic rings. The molecule has 0 spiro atoms. The Kier molecular flexibility index (Phi) is 11.1. The molecule has 1 heteroatoms. The zero-order chi connectivity index (χ0) is 51.5. The van der Waals surface area contributed by atoms with Crippen molar-refractivity contribution in [2.24, 2.45) is 0 Å². The molecule has 10 aromatic rings. The fraction of sp³-hybridized carbons (Fsp3) is 0.260. The average Bonchev–Trinajstić information content (AvgIpc) is 3.99. The van der Waals surface area contributed by atoms with Crippen LogP contribution in [0.4, 0.5) is 0 Å². The van der Waals surface area contributed by atoms with Gasteiger partial charge in [0.05, 0.1) is 5.41 Å². The molecule has 12 rings (SSSR count). The van der Waals surface area contributed by atoms with Crippen LogP contribution in [0.15, 0.2) is 199 Å². The molecule has 0 amide bonds. The summed E-state index contributed by atoms with van der Waals surface area (Å²) in [6, 6.07) is 74.4. The summed E-state index contributed by atoms with van der Waals surface area (Å²) in [5.41, 5.74) is 25.4. The van der Waals surface area contributed by atoms with Crippen LogP contribution in [0.5, 0.6) is 0 Å². The number of para-hydroxylation sites is 2. The van der Waals surface area contributed by atoms with Gasteiger partial charge in [-0.25, -0.2) is 0 Å². The molecular weight excluding hydrogens is 893 g/mol. The maximum Gasteiger partial charge on any atom is 0.143 e. The molecule has 0 fully saturated rings.